The number of imidazole rings is 2. The number of fused-ring (bicyclic) bond motifs is 15. The van der Waals surface area contributed by atoms with E-state index in [2.05, 4.69) is 381 Å². The Labute approximate surface area is 797 Å². The quantitative estimate of drug-likeness (QED) is 0.0585. The van der Waals surface area contributed by atoms with Crippen LogP contribution >= 0.6 is 0 Å². The number of anilines is 1. The van der Waals surface area contributed by atoms with Crippen molar-refractivity contribution in [3.63, 3.8) is 0 Å². The van der Waals surface area contributed by atoms with Crippen LogP contribution in [-0.2, 0) is 70.1 Å². The van der Waals surface area contributed by atoms with Crippen molar-refractivity contribution in [2.75, 3.05) is 4.90 Å². The van der Waals surface area contributed by atoms with Crippen molar-refractivity contribution < 1.29 is 63.8 Å². The number of rotatable bonds is 6. The van der Waals surface area contributed by atoms with Gasteiger partial charge in [-0.3, -0.25) is 4.79 Å². The molecular weight excluding hydrogens is 1970 g/mol. The number of hydrogen-bond acceptors (Lipinski definition) is 6. The Morgan fingerprint density at radius 2 is 1.05 bits per heavy atom. The molecule has 0 spiro atoms. The summed E-state index contributed by atoms with van der Waals surface area (Å²) in [6.45, 7) is 19.0. The fourth-order valence-corrected chi connectivity index (χ4v) is 19.8. The molecule has 132 heavy (non-hydrogen) atoms. The van der Waals surface area contributed by atoms with E-state index in [1.165, 1.54) is 186 Å². The SMILES string of the molecule is C1=CC2C(C=C1)[N+]1=C(c3ccccc3C1)N2c1cccc2ccccc12.CC(=O)C=C(C)O.CC1(C)c2ccc[c-]c2-c2nccc3cccc1c23.Cc1ccc(-c2[c-]cccc2)nc1.Cc1ccc2c(c1)c1cccc3c1c1n2c(-c2c(C)cccc2C)c[n+]1C3.[Ir].[Ir].[c-]1ccccc1-c1nccc2ccccc12.c1ccc2c(c1)C[n+]1ccn(-c3cccc4ccccc34)c1-2. The average Bonchev–Trinajstić information content (AvgIpc) is 1.49. The van der Waals surface area contributed by atoms with Gasteiger partial charge in [0.1, 0.15) is 55.1 Å². The van der Waals surface area contributed by atoms with Gasteiger partial charge in [0.15, 0.2) is 23.6 Å². The van der Waals surface area contributed by atoms with Crippen molar-refractivity contribution in [3.8, 4) is 62.1 Å². The molecule has 0 saturated heterocycles. The van der Waals surface area contributed by atoms with Gasteiger partial charge in [0.25, 0.3) is 17.3 Å². The van der Waals surface area contributed by atoms with Crippen molar-refractivity contribution in [1.29, 1.82) is 0 Å². The summed E-state index contributed by atoms with van der Waals surface area (Å²) in [5.74, 6) is 2.56. The van der Waals surface area contributed by atoms with Gasteiger partial charge < -0.3 is 20.1 Å². The molecule has 4 aliphatic heterocycles. The molecule has 10 heterocycles. The Kier molecular flexibility index (Phi) is 25.3. The fourth-order valence-electron chi connectivity index (χ4n) is 19.8. The summed E-state index contributed by atoms with van der Waals surface area (Å²) in [5.41, 5.74) is 28.9. The maximum absolute atomic E-state index is 10.0. The van der Waals surface area contributed by atoms with Crippen molar-refractivity contribution in [3.05, 3.63) is 469 Å². The summed E-state index contributed by atoms with van der Waals surface area (Å²) in [6, 6.07) is 124. The number of nitrogens with zero attached hydrogens (tertiary/aromatic N) is 9. The standard InChI is InChI=1S/C25H21N2.C24H19N2.C20H15N2.C18H14N.C15H10N.C12H10N.C5H8O2.2Ir/c1-15-10-11-21-20(12-15)19-9-5-8-18-13-26-14-22(27(21)25(26)24(18)19)23-16(2)6-4-7-17(23)3;1-3-11-19-17(8-1)10-7-15-21(19)26-23-14-6-5-13-22(23)25-16-18-9-2-4-12-20(18)24(25)26;1-3-9-17-15(6-1)8-5-11-19(17)22-13-12-21-14-16-7-2-4-10-18(16)20(21)22;1-18(2)14-8-4-3-7-13(14)17-16-12(10-11-19-17)6-5-9-15(16)18;1-2-7-13(8-3-1)15-14-9-5-4-6-12(14)10-11-16-15;1-10-7-8-12(13-9-10)11-5-3-2-4-6-11;1-4(6)3-5(2)7;;/h4-12,14H,13H2,1-3H3;1-15,22-23H,16H2;1-13H,14H2;3-6,8-11H,1-2H3;1-7,9-11H;2-5,7-9H,1H3;3,6H,1-2H3;;/q3*+1;3*-1;;;. The second-order valence-electron chi connectivity index (χ2n) is 34.6. The van der Waals surface area contributed by atoms with Crippen molar-refractivity contribution in [2.45, 2.75) is 92.5 Å². The minimum absolute atomic E-state index is 0. The Hall–Kier alpha value is -14.6. The van der Waals surface area contributed by atoms with Crippen LogP contribution in [0.4, 0.5) is 5.69 Å². The first-order valence-corrected chi connectivity index (χ1v) is 44.5. The van der Waals surface area contributed by atoms with E-state index in [0.29, 0.717) is 12.1 Å². The van der Waals surface area contributed by atoms with E-state index >= 15 is 0 Å². The zero-order valence-corrected chi connectivity index (χ0v) is 79.6. The van der Waals surface area contributed by atoms with E-state index in [1.807, 2.05) is 104 Å². The van der Waals surface area contributed by atoms with Crippen LogP contribution in [0.5, 0.6) is 0 Å². The summed E-state index contributed by atoms with van der Waals surface area (Å²) in [6.07, 6.45) is 22.6. The predicted molar refractivity (Wildman–Crippen MR) is 531 cm³/mol. The van der Waals surface area contributed by atoms with E-state index in [4.69, 9.17) is 5.11 Å². The van der Waals surface area contributed by atoms with Crippen LogP contribution < -0.4 is 14.0 Å². The number of aryl methyl sites for hydroxylation is 4. The van der Waals surface area contributed by atoms with Gasteiger partial charge in [-0.05, 0) is 179 Å². The van der Waals surface area contributed by atoms with Gasteiger partial charge in [0, 0.05) is 109 Å². The largest absolute Gasteiger partial charge is 0.512 e. The molecule has 6 aliphatic rings. The molecule has 648 valence electrons. The molecule has 26 rings (SSSR count). The number of carbonyl (C=O) groups is 1. The van der Waals surface area contributed by atoms with Gasteiger partial charge in [-0.2, -0.15) is 8.97 Å². The summed E-state index contributed by atoms with van der Waals surface area (Å²) < 4.78 is 12.1. The molecule has 0 saturated carbocycles. The van der Waals surface area contributed by atoms with E-state index in [1.54, 1.807) is 0 Å². The number of aliphatic hydroxyl groups is 1. The van der Waals surface area contributed by atoms with Crippen LogP contribution in [0.15, 0.2) is 395 Å². The molecule has 11 nitrogen and oxygen atoms in total. The molecule has 6 aromatic heterocycles. The number of aromatic nitrogens is 7. The van der Waals surface area contributed by atoms with Gasteiger partial charge in [-0.15, -0.1) is 107 Å². The van der Waals surface area contributed by atoms with Crippen LogP contribution in [0.2, 0.25) is 0 Å². The van der Waals surface area contributed by atoms with Gasteiger partial charge >= 0.3 is 0 Å². The fraction of sp³-hybridized carbons (Fsp3) is 0.118. The van der Waals surface area contributed by atoms with Crippen molar-refractivity contribution >= 4 is 87.7 Å². The van der Waals surface area contributed by atoms with Gasteiger partial charge in [-0.25, -0.2) is 18.6 Å². The first kappa shape index (κ1) is 88.1. The number of carbonyl (C=O) groups excluding carboxylic acids is 1. The van der Waals surface area contributed by atoms with Crippen LogP contribution in [0.25, 0.3) is 133 Å². The van der Waals surface area contributed by atoms with Crippen molar-refractivity contribution in [2.24, 2.45) is 0 Å². The zero-order valence-electron chi connectivity index (χ0n) is 74.8. The van der Waals surface area contributed by atoms with Crippen LogP contribution in [-0.4, -0.2) is 57.3 Å². The first-order chi connectivity index (χ1) is 63.6. The molecule has 14 aromatic carbocycles. The Bertz CT molecular complexity index is 7900. The number of aliphatic hydroxyl groups excluding tert-OH is 1. The normalized spacial score (nSPS) is 14.2. The van der Waals surface area contributed by atoms with Crippen molar-refractivity contribution in [1.82, 2.24) is 23.9 Å². The molecule has 13 heteroatoms. The van der Waals surface area contributed by atoms with E-state index < -0.39 is 0 Å². The number of pyridine rings is 4. The zero-order chi connectivity index (χ0) is 88.7. The molecular formula is C119H97Ir2N9O2. The molecule has 1 N–H and O–H groups in total. The second-order valence-corrected chi connectivity index (χ2v) is 34.6. The van der Waals surface area contributed by atoms with Gasteiger partial charge in [0.05, 0.1) is 22.3 Å². The molecule has 0 amide bonds. The van der Waals surface area contributed by atoms with Crippen LogP contribution in [0.3, 0.4) is 0 Å². The molecule has 2 aliphatic carbocycles. The Morgan fingerprint density at radius 1 is 0.485 bits per heavy atom. The summed E-state index contributed by atoms with van der Waals surface area (Å²) >= 11 is 0. The summed E-state index contributed by atoms with van der Waals surface area (Å²) in [5, 5.41) is 22.6. The molecule has 2 atom stereocenters. The Balaban J connectivity index is 0.000000106. The molecule has 20 aromatic rings. The van der Waals surface area contributed by atoms with E-state index in [0.717, 1.165) is 53.4 Å². The number of hydrogen-bond donors (Lipinski definition) is 1. The van der Waals surface area contributed by atoms with Gasteiger partial charge in [-0.1, -0.05) is 238 Å². The number of amidine groups is 1. The topological polar surface area (TPSA) is 99.3 Å². The predicted octanol–water partition coefficient (Wildman–Crippen LogP) is 25.9. The average molecular weight is 2070 g/mol. The van der Waals surface area contributed by atoms with E-state index in [-0.39, 0.29) is 57.2 Å². The third-order valence-electron chi connectivity index (χ3n) is 25.7. The number of ketones is 1. The van der Waals surface area contributed by atoms with Crippen LogP contribution in [0.1, 0.15) is 83.3 Å². The third-order valence-corrected chi connectivity index (χ3v) is 25.7. The summed E-state index contributed by atoms with van der Waals surface area (Å²) in [4.78, 5) is 25.9. The molecule has 2 unspecified atom stereocenters. The molecule has 0 bridgehead atoms. The third kappa shape index (κ3) is 16.8. The maximum atomic E-state index is 10.0. The van der Waals surface area contributed by atoms with E-state index in [9.17, 15) is 4.79 Å². The Morgan fingerprint density at radius 3 is 1.76 bits per heavy atom. The summed E-state index contributed by atoms with van der Waals surface area (Å²) in [7, 11) is 0. The smallest absolute Gasteiger partial charge is 0.295 e. The first-order valence-electron chi connectivity index (χ1n) is 44.5. The monoisotopic (exact) mass is 2070 g/mol. The number of allylic oxidation sites excluding steroid dienone is 4. The van der Waals surface area contributed by atoms with Gasteiger partial charge in [0.2, 0.25) is 0 Å². The second kappa shape index (κ2) is 37.9. The molecule has 2 radical (unpaired) electrons. The molecule has 0 fully saturated rings. The minimum Gasteiger partial charge on any atom is -0.512 e. The van der Waals surface area contributed by atoms with Crippen LogP contribution in [0, 0.1) is 45.9 Å². The minimum atomic E-state index is -0.125. The number of benzene rings is 14. The maximum Gasteiger partial charge on any atom is 0.295 e.